The Balaban J connectivity index is 1.86. The van der Waals surface area contributed by atoms with Gasteiger partial charge in [-0.25, -0.2) is 14.4 Å². The fourth-order valence-corrected chi connectivity index (χ4v) is 2.08. The van der Waals surface area contributed by atoms with Crippen molar-refractivity contribution in [3.8, 4) is 6.01 Å². The highest BCUT2D eigenvalue weighted by Gasteiger charge is 2.25. The van der Waals surface area contributed by atoms with Crippen molar-refractivity contribution in [1.29, 1.82) is 0 Å². The summed E-state index contributed by atoms with van der Waals surface area (Å²) in [5, 5.41) is 2.48. The van der Waals surface area contributed by atoms with E-state index in [1.165, 1.54) is 6.92 Å². The number of amides is 2. The van der Waals surface area contributed by atoms with E-state index in [2.05, 4.69) is 15.3 Å². The molecule has 1 fully saturated rings. The first-order valence-electron chi connectivity index (χ1n) is 6.71. The second kappa shape index (κ2) is 6.96. The van der Waals surface area contributed by atoms with E-state index in [1.807, 2.05) is 0 Å². The number of nitrogens with zero attached hydrogens (tertiary/aromatic N) is 3. The van der Waals surface area contributed by atoms with Gasteiger partial charge in [-0.3, -0.25) is 9.59 Å². The lowest BCUT2D eigenvalue weighted by molar-refractivity contribution is -0.134. The minimum Gasteiger partial charge on any atom is -0.458 e. The van der Waals surface area contributed by atoms with Gasteiger partial charge in [0.2, 0.25) is 11.8 Å². The number of hydrogen-bond acceptors (Lipinski definition) is 5. The summed E-state index contributed by atoms with van der Waals surface area (Å²) in [7, 11) is 0. The van der Waals surface area contributed by atoms with Crippen LogP contribution in [0.25, 0.3) is 0 Å². The summed E-state index contributed by atoms with van der Waals surface area (Å²) in [5.41, 5.74) is 0. The number of nitrogens with one attached hydrogen (secondary N) is 1. The molecule has 21 heavy (non-hydrogen) atoms. The molecule has 2 heterocycles. The lowest BCUT2D eigenvalue weighted by Crippen LogP contribution is -2.47. The van der Waals surface area contributed by atoms with Crippen LogP contribution in [0.2, 0.25) is 0 Å². The van der Waals surface area contributed by atoms with Gasteiger partial charge >= 0.3 is 6.01 Å². The van der Waals surface area contributed by atoms with E-state index in [-0.39, 0.29) is 30.5 Å². The fraction of sp³-hybridized carbons (Fsp3) is 0.538. The standard InChI is InChI=1S/C13H17FN4O3/c1-9(19)15-7-12(20)18-4-2-3-11(8-18)21-13-16-5-10(14)6-17-13/h5-6,11H,2-4,7-8H2,1H3,(H,15,19). The summed E-state index contributed by atoms with van der Waals surface area (Å²) >= 11 is 0. The summed E-state index contributed by atoms with van der Waals surface area (Å²) in [6.07, 6.45) is 3.39. The van der Waals surface area contributed by atoms with Crippen LogP contribution in [0.5, 0.6) is 6.01 Å². The third-order valence-corrected chi connectivity index (χ3v) is 3.09. The smallest absolute Gasteiger partial charge is 0.316 e. The van der Waals surface area contributed by atoms with Crippen LogP contribution in [-0.2, 0) is 9.59 Å². The molecule has 0 radical (unpaired) electrons. The zero-order valence-corrected chi connectivity index (χ0v) is 11.7. The Morgan fingerprint density at radius 3 is 2.86 bits per heavy atom. The molecule has 114 valence electrons. The Bertz CT molecular complexity index is 509. The molecule has 7 nitrogen and oxygen atoms in total. The van der Waals surface area contributed by atoms with Crippen molar-refractivity contribution in [1.82, 2.24) is 20.2 Å². The van der Waals surface area contributed by atoms with E-state index in [0.29, 0.717) is 13.1 Å². The number of aromatic nitrogens is 2. The monoisotopic (exact) mass is 296 g/mol. The molecule has 8 heteroatoms. The Morgan fingerprint density at radius 2 is 2.19 bits per heavy atom. The van der Waals surface area contributed by atoms with Gasteiger partial charge in [0.05, 0.1) is 25.5 Å². The van der Waals surface area contributed by atoms with Crippen LogP contribution >= 0.6 is 0 Å². The van der Waals surface area contributed by atoms with Crippen molar-refractivity contribution in [3.63, 3.8) is 0 Å². The molecule has 0 aliphatic carbocycles. The van der Waals surface area contributed by atoms with Crippen molar-refractivity contribution in [2.75, 3.05) is 19.6 Å². The number of piperidine rings is 1. The summed E-state index contributed by atoms with van der Waals surface area (Å²) in [6, 6.07) is 0.0950. The molecule has 1 unspecified atom stereocenters. The van der Waals surface area contributed by atoms with Gasteiger partial charge in [0.1, 0.15) is 6.10 Å². The van der Waals surface area contributed by atoms with E-state index in [4.69, 9.17) is 4.74 Å². The second-order valence-electron chi connectivity index (χ2n) is 4.82. The highest BCUT2D eigenvalue weighted by atomic mass is 19.1. The molecule has 1 atom stereocenters. The van der Waals surface area contributed by atoms with Gasteiger partial charge in [-0.1, -0.05) is 0 Å². The van der Waals surface area contributed by atoms with Crippen LogP contribution in [0.3, 0.4) is 0 Å². The minimum atomic E-state index is -0.530. The molecule has 1 aliphatic rings. The van der Waals surface area contributed by atoms with Crippen LogP contribution < -0.4 is 10.1 Å². The van der Waals surface area contributed by atoms with E-state index in [1.54, 1.807) is 4.90 Å². The molecule has 0 bridgehead atoms. The van der Waals surface area contributed by atoms with Crippen LogP contribution in [0.1, 0.15) is 19.8 Å². The van der Waals surface area contributed by atoms with Crippen molar-refractivity contribution in [2.24, 2.45) is 0 Å². The van der Waals surface area contributed by atoms with Gasteiger partial charge in [0.15, 0.2) is 5.82 Å². The average Bonchev–Trinajstić information content (AvgIpc) is 2.47. The molecule has 2 rings (SSSR count). The number of rotatable bonds is 4. The summed E-state index contributed by atoms with van der Waals surface area (Å²) < 4.78 is 18.3. The SMILES string of the molecule is CC(=O)NCC(=O)N1CCCC(Oc2ncc(F)cn2)C1. The zero-order valence-electron chi connectivity index (χ0n) is 11.7. The molecule has 0 saturated carbocycles. The molecule has 1 aromatic rings. The van der Waals surface area contributed by atoms with Crippen LogP contribution in [0.4, 0.5) is 4.39 Å². The van der Waals surface area contributed by atoms with Gasteiger partial charge in [-0.15, -0.1) is 0 Å². The topological polar surface area (TPSA) is 84.4 Å². The summed E-state index contributed by atoms with van der Waals surface area (Å²) in [5.74, 6) is -0.926. The maximum atomic E-state index is 12.7. The highest BCUT2D eigenvalue weighted by Crippen LogP contribution is 2.15. The molecule has 1 aliphatic heterocycles. The van der Waals surface area contributed by atoms with E-state index in [0.717, 1.165) is 25.2 Å². The van der Waals surface area contributed by atoms with Crippen molar-refractivity contribution in [2.45, 2.75) is 25.9 Å². The van der Waals surface area contributed by atoms with Gasteiger partial charge in [0.25, 0.3) is 0 Å². The molecular formula is C13H17FN4O3. The first kappa shape index (κ1) is 15.1. The number of ether oxygens (including phenoxy) is 1. The van der Waals surface area contributed by atoms with Gasteiger partial charge < -0.3 is 15.0 Å². The summed E-state index contributed by atoms with van der Waals surface area (Å²) in [4.78, 5) is 31.8. The zero-order chi connectivity index (χ0) is 15.2. The first-order valence-corrected chi connectivity index (χ1v) is 6.71. The summed E-state index contributed by atoms with van der Waals surface area (Å²) in [6.45, 7) is 2.37. The van der Waals surface area contributed by atoms with Gasteiger partial charge in [-0.05, 0) is 12.8 Å². The number of hydrogen-bond donors (Lipinski definition) is 1. The third kappa shape index (κ3) is 4.66. The van der Waals surface area contributed by atoms with E-state index < -0.39 is 5.82 Å². The van der Waals surface area contributed by atoms with Crippen molar-refractivity contribution < 1.29 is 18.7 Å². The quantitative estimate of drug-likeness (QED) is 0.853. The Labute approximate surface area is 121 Å². The number of carbonyl (C=O) groups is 2. The second-order valence-corrected chi connectivity index (χ2v) is 4.82. The number of likely N-dealkylation sites (tertiary alicyclic amines) is 1. The maximum Gasteiger partial charge on any atom is 0.316 e. The van der Waals surface area contributed by atoms with Crippen molar-refractivity contribution >= 4 is 11.8 Å². The molecule has 0 aromatic carbocycles. The molecule has 0 spiro atoms. The largest absolute Gasteiger partial charge is 0.458 e. The molecular weight excluding hydrogens is 279 g/mol. The van der Waals surface area contributed by atoms with Crippen molar-refractivity contribution in [3.05, 3.63) is 18.2 Å². The van der Waals surface area contributed by atoms with Crippen LogP contribution in [0, 0.1) is 5.82 Å². The Morgan fingerprint density at radius 1 is 1.48 bits per heavy atom. The third-order valence-electron chi connectivity index (χ3n) is 3.09. The lowest BCUT2D eigenvalue weighted by atomic mass is 10.1. The fourth-order valence-electron chi connectivity index (χ4n) is 2.08. The minimum absolute atomic E-state index is 0.0187. The van der Waals surface area contributed by atoms with Crippen LogP contribution in [-0.4, -0.2) is 52.4 Å². The lowest BCUT2D eigenvalue weighted by Gasteiger charge is -2.32. The van der Waals surface area contributed by atoms with Gasteiger partial charge in [-0.2, -0.15) is 0 Å². The van der Waals surface area contributed by atoms with Crippen LogP contribution in [0.15, 0.2) is 12.4 Å². The van der Waals surface area contributed by atoms with E-state index in [9.17, 15) is 14.0 Å². The molecule has 1 aromatic heterocycles. The molecule has 1 saturated heterocycles. The molecule has 1 N–H and O–H groups in total. The number of halogens is 1. The Kier molecular flexibility index (Phi) is 5.02. The van der Waals surface area contributed by atoms with E-state index >= 15 is 0 Å². The maximum absolute atomic E-state index is 12.7. The van der Waals surface area contributed by atoms with Gasteiger partial charge in [0, 0.05) is 13.5 Å². The predicted molar refractivity (Wildman–Crippen MR) is 70.9 cm³/mol. The molecule has 2 amide bonds. The average molecular weight is 296 g/mol. The predicted octanol–water partition coefficient (Wildman–Crippen LogP) is 0.122. The Hall–Kier alpha value is -2.25. The first-order chi connectivity index (χ1) is 10.0. The number of carbonyl (C=O) groups excluding carboxylic acids is 2. The highest BCUT2D eigenvalue weighted by molar-refractivity contribution is 5.83. The normalized spacial score (nSPS) is 18.2.